The fourth-order valence-electron chi connectivity index (χ4n) is 3.18. The maximum absolute atomic E-state index is 11.3. The third-order valence-corrected chi connectivity index (χ3v) is 4.82. The van der Waals surface area contributed by atoms with Gasteiger partial charge in [-0.3, -0.25) is 5.32 Å². The smallest absolute Gasteiger partial charge is 0.411 e. The summed E-state index contributed by atoms with van der Waals surface area (Å²) in [5.41, 5.74) is 3.30. The van der Waals surface area contributed by atoms with Crippen LogP contribution < -0.4 is 16.0 Å². The summed E-state index contributed by atoms with van der Waals surface area (Å²) in [5, 5.41) is 10.4. The summed E-state index contributed by atoms with van der Waals surface area (Å²) in [4.78, 5) is 23.6. The lowest BCUT2D eigenvalue weighted by molar-refractivity contribution is 0.151. The van der Waals surface area contributed by atoms with Gasteiger partial charge in [-0.25, -0.2) is 4.79 Å². The largest absolute Gasteiger partial charge is 0.444 e. The Balaban J connectivity index is 1.44. The second-order valence-electron chi connectivity index (χ2n) is 6.61. The highest BCUT2D eigenvalue weighted by Crippen LogP contribution is 2.29. The summed E-state index contributed by atoms with van der Waals surface area (Å²) in [5.74, 6) is 1.36. The highest BCUT2D eigenvalue weighted by molar-refractivity contribution is 5.89. The molecular formula is C18H18N6O2. The highest BCUT2D eigenvalue weighted by atomic mass is 16.5. The molecule has 1 amide bonds. The van der Waals surface area contributed by atoms with E-state index in [0.29, 0.717) is 12.0 Å². The van der Waals surface area contributed by atoms with Crippen molar-refractivity contribution in [1.29, 1.82) is 0 Å². The topological polar surface area (TPSA) is 104 Å². The molecule has 0 saturated heterocycles. The van der Waals surface area contributed by atoms with Gasteiger partial charge in [0.15, 0.2) is 0 Å². The fraction of sp³-hybridized carbons (Fsp3) is 0.278. The van der Waals surface area contributed by atoms with Gasteiger partial charge in [0, 0.05) is 23.5 Å². The summed E-state index contributed by atoms with van der Waals surface area (Å²) in [7, 11) is 0. The average Bonchev–Trinajstić information content (AvgIpc) is 3.07. The van der Waals surface area contributed by atoms with Crippen LogP contribution in [0.1, 0.15) is 24.8 Å². The quantitative estimate of drug-likeness (QED) is 0.572. The van der Waals surface area contributed by atoms with Crippen LogP contribution in [0.15, 0.2) is 30.5 Å². The average molecular weight is 350 g/mol. The first kappa shape index (κ1) is 15.0. The summed E-state index contributed by atoms with van der Waals surface area (Å²) in [6.45, 7) is 0.252. The molecule has 2 aliphatic rings. The number of ether oxygens (including phenoxy) is 1. The van der Waals surface area contributed by atoms with Gasteiger partial charge in [0.05, 0.1) is 11.1 Å². The molecule has 1 fully saturated rings. The number of nitrogens with zero attached hydrogens (tertiary/aromatic N) is 2. The molecule has 1 aliphatic carbocycles. The molecule has 0 unspecified atom stereocenters. The molecule has 3 heterocycles. The summed E-state index contributed by atoms with van der Waals surface area (Å²) in [6, 6.07) is 8.12. The van der Waals surface area contributed by atoms with Crippen molar-refractivity contribution in [3.05, 3.63) is 36.0 Å². The lowest BCUT2D eigenvalue weighted by atomic mass is 9.93. The number of benzene rings is 1. The van der Waals surface area contributed by atoms with Crippen LogP contribution in [0.25, 0.3) is 11.0 Å². The zero-order valence-corrected chi connectivity index (χ0v) is 14.0. The van der Waals surface area contributed by atoms with Crippen molar-refractivity contribution in [1.82, 2.24) is 15.0 Å². The van der Waals surface area contributed by atoms with Crippen LogP contribution in [0.5, 0.6) is 0 Å². The molecule has 132 valence electrons. The van der Waals surface area contributed by atoms with Crippen LogP contribution >= 0.6 is 0 Å². The first-order valence-corrected chi connectivity index (χ1v) is 8.70. The second kappa shape index (κ2) is 5.91. The summed E-state index contributed by atoms with van der Waals surface area (Å²) < 4.78 is 5.01. The Morgan fingerprint density at radius 2 is 2.12 bits per heavy atom. The molecule has 0 bridgehead atoms. The Labute approximate surface area is 149 Å². The van der Waals surface area contributed by atoms with Crippen molar-refractivity contribution in [2.24, 2.45) is 0 Å². The number of hydrogen-bond acceptors (Lipinski definition) is 6. The van der Waals surface area contributed by atoms with Crippen molar-refractivity contribution in [2.45, 2.75) is 31.9 Å². The molecule has 0 radical (unpaired) electrons. The monoisotopic (exact) mass is 350 g/mol. The number of aromatic amines is 1. The van der Waals surface area contributed by atoms with E-state index in [-0.39, 0.29) is 6.61 Å². The van der Waals surface area contributed by atoms with Crippen molar-refractivity contribution in [3.63, 3.8) is 0 Å². The minimum atomic E-state index is -0.426. The van der Waals surface area contributed by atoms with Crippen molar-refractivity contribution in [2.75, 3.05) is 16.0 Å². The standard InChI is InChI=1S/C18H18N6O2/c25-18-22-14-5-4-12(8-10(14)9-26-18)21-17-23-15-13(6-7-19-15)16(24-17)20-11-2-1-3-11/h4-8,11H,1-3,9H2,(H,22,25)(H3,19,20,21,23,24). The molecule has 26 heavy (non-hydrogen) atoms. The van der Waals surface area contributed by atoms with Crippen LogP contribution in [0.2, 0.25) is 0 Å². The normalized spacial score (nSPS) is 16.4. The zero-order chi connectivity index (χ0) is 17.5. The van der Waals surface area contributed by atoms with E-state index in [1.165, 1.54) is 19.3 Å². The molecule has 1 aromatic carbocycles. The van der Waals surface area contributed by atoms with Crippen LogP contribution in [-0.4, -0.2) is 27.1 Å². The Bertz CT molecular complexity index is 995. The minimum Gasteiger partial charge on any atom is -0.444 e. The molecule has 2 aromatic heterocycles. The SMILES string of the molecule is O=C1Nc2ccc(Nc3nc(NC4CCC4)c4cc[nH]c4n3)cc2CO1. The lowest BCUT2D eigenvalue weighted by Crippen LogP contribution is -2.27. The number of hydrogen-bond donors (Lipinski definition) is 4. The molecule has 3 aromatic rings. The number of carbonyl (C=O) groups is 1. The predicted octanol–water partition coefficient (Wildman–Crippen LogP) is 3.73. The van der Waals surface area contributed by atoms with Crippen molar-refractivity contribution in [3.8, 4) is 0 Å². The third kappa shape index (κ3) is 2.69. The molecule has 1 aliphatic heterocycles. The Morgan fingerprint density at radius 3 is 2.96 bits per heavy atom. The summed E-state index contributed by atoms with van der Waals surface area (Å²) in [6.07, 6.45) is 5.06. The van der Waals surface area contributed by atoms with Gasteiger partial charge in [0.25, 0.3) is 0 Å². The first-order chi connectivity index (χ1) is 12.7. The van der Waals surface area contributed by atoms with E-state index in [2.05, 4.69) is 30.9 Å². The van der Waals surface area contributed by atoms with Gasteiger partial charge >= 0.3 is 6.09 Å². The first-order valence-electron chi connectivity index (χ1n) is 8.70. The number of rotatable bonds is 4. The van der Waals surface area contributed by atoms with Crippen LogP contribution in [-0.2, 0) is 11.3 Å². The number of nitrogens with one attached hydrogen (secondary N) is 4. The van der Waals surface area contributed by atoms with E-state index < -0.39 is 6.09 Å². The third-order valence-electron chi connectivity index (χ3n) is 4.82. The molecule has 1 saturated carbocycles. The number of anilines is 4. The van der Waals surface area contributed by atoms with E-state index >= 15 is 0 Å². The van der Waals surface area contributed by atoms with Crippen LogP contribution in [0, 0.1) is 0 Å². The number of cyclic esters (lactones) is 1. The van der Waals surface area contributed by atoms with E-state index in [4.69, 9.17) is 4.74 Å². The molecule has 0 spiro atoms. The van der Waals surface area contributed by atoms with Crippen molar-refractivity contribution >= 4 is 40.3 Å². The van der Waals surface area contributed by atoms with E-state index in [9.17, 15) is 4.79 Å². The predicted molar refractivity (Wildman–Crippen MR) is 98.7 cm³/mol. The van der Waals surface area contributed by atoms with E-state index in [1.807, 2.05) is 30.5 Å². The molecule has 0 atom stereocenters. The molecular weight excluding hydrogens is 332 g/mol. The Morgan fingerprint density at radius 1 is 1.19 bits per heavy atom. The summed E-state index contributed by atoms with van der Waals surface area (Å²) >= 11 is 0. The number of carbonyl (C=O) groups excluding carboxylic acids is 1. The molecule has 5 rings (SSSR count). The molecule has 8 heteroatoms. The number of aromatic nitrogens is 3. The Kier molecular flexibility index (Phi) is 3.41. The lowest BCUT2D eigenvalue weighted by Gasteiger charge is -2.27. The van der Waals surface area contributed by atoms with Gasteiger partial charge in [-0.1, -0.05) is 0 Å². The number of H-pyrrole nitrogens is 1. The minimum absolute atomic E-state index is 0.252. The Hall–Kier alpha value is -3.29. The van der Waals surface area contributed by atoms with Crippen LogP contribution in [0.3, 0.4) is 0 Å². The maximum atomic E-state index is 11.3. The zero-order valence-electron chi connectivity index (χ0n) is 14.0. The van der Waals surface area contributed by atoms with Gasteiger partial charge in [-0.15, -0.1) is 0 Å². The molecule has 4 N–H and O–H groups in total. The second-order valence-corrected chi connectivity index (χ2v) is 6.61. The van der Waals surface area contributed by atoms with Gasteiger partial charge in [0.2, 0.25) is 5.95 Å². The van der Waals surface area contributed by atoms with Gasteiger partial charge < -0.3 is 20.4 Å². The number of amides is 1. The van der Waals surface area contributed by atoms with E-state index in [1.54, 1.807) is 0 Å². The fourth-order valence-corrected chi connectivity index (χ4v) is 3.18. The number of fused-ring (bicyclic) bond motifs is 2. The molecule has 8 nitrogen and oxygen atoms in total. The maximum Gasteiger partial charge on any atom is 0.411 e. The van der Waals surface area contributed by atoms with E-state index in [0.717, 1.165) is 33.8 Å². The van der Waals surface area contributed by atoms with Gasteiger partial charge in [-0.2, -0.15) is 9.97 Å². The highest BCUT2D eigenvalue weighted by Gasteiger charge is 2.20. The van der Waals surface area contributed by atoms with Crippen molar-refractivity contribution < 1.29 is 9.53 Å². The van der Waals surface area contributed by atoms with Gasteiger partial charge in [-0.05, 0) is 43.5 Å². The van der Waals surface area contributed by atoms with Crippen LogP contribution in [0.4, 0.5) is 27.9 Å². The van der Waals surface area contributed by atoms with Gasteiger partial charge in [0.1, 0.15) is 18.1 Å².